The molecular weight excluding hydrogens is 322 g/mol. The number of carbonyl (C=O) groups excluding carboxylic acids is 1. The van der Waals surface area contributed by atoms with Crippen molar-refractivity contribution in [3.63, 3.8) is 0 Å². The van der Waals surface area contributed by atoms with E-state index in [1.165, 1.54) is 0 Å². The van der Waals surface area contributed by atoms with E-state index in [2.05, 4.69) is 5.32 Å². The topological polar surface area (TPSA) is 66.0 Å². The third kappa shape index (κ3) is 3.63. The summed E-state index contributed by atoms with van der Waals surface area (Å²) in [5.41, 5.74) is 1.45. The second-order valence-electron chi connectivity index (χ2n) is 5.61. The van der Waals surface area contributed by atoms with Gasteiger partial charge in [-0.3, -0.25) is 4.79 Å². The average molecular weight is 343 g/mol. The molecule has 1 unspecified atom stereocenters. The van der Waals surface area contributed by atoms with E-state index in [1.54, 1.807) is 25.3 Å². The third-order valence-electron chi connectivity index (χ3n) is 3.97. The smallest absolute Gasteiger partial charge is 0.251 e. The zero-order valence-electron chi connectivity index (χ0n) is 14.5. The number of nitrogens with one attached hydrogen (secondary N) is 1. The van der Waals surface area contributed by atoms with Crippen molar-refractivity contribution in [1.82, 2.24) is 5.32 Å². The van der Waals surface area contributed by atoms with Crippen molar-refractivity contribution in [2.24, 2.45) is 0 Å². The van der Waals surface area contributed by atoms with Crippen LogP contribution in [0.2, 0.25) is 0 Å². The lowest BCUT2D eigenvalue weighted by atomic mass is 10.1. The van der Waals surface area contributed by atoms with E-state index in [0.29, 0.717) is 29.4 Å². The molecule has 2 aromatic carbocycles. The highest BCUT2D eigenvalue weighted by atomic mass is 16.7. The largest absolute Gasteiger partial charge is 0.493 e. The molecule has 0 aromatic heterocycles. The number of amides is 1. The molecule has 0 saturated carbocycles. The highest BCUT2D eigenvalue weighted by Crippen LogP contribution is 2.34. The number of methoxy groups -OCH3 is 1. The van der Waals surface area contributed by atoms with Crippen LogP contribution in [-0.4, -0.2) is 26.4 Å². The van der Waals surface area contributed by atoms with Gasteiger partial charge in [0.2, 0.25) is 6.79 Å². The van der Waals surface area contributed by atoms with Gasteiger partial charge >= 0.3 is 0 Å². The maximum atomic E-state index is 12.6. The second kappa shape index (κ2) is 7.34. The van der Waals surface area contributed by atoms with E-state index in [0.717, 1.165) is 11.3 Å². The fraction of sp³-hybridized carbons (Fsp3) is 0.316. The first-order chi connectivity index (χ1) is 12.1. The minimum atomic E-state index is -0.186. The van der Waals surface area contributed by atoms with Crippen LogP contribution in [0.1, 0.15) is 35.8 Å². The summed E-state index contributed by atoms with van der Waals surface area (Å²) >= 11 is 0. The van der Waals surface area contributed by atoms with E-state index in [1.807, 2.05) is 32.0 Å². The lowest BCUT2D eigenvalue weighted by Crippen LogP contribution is -2.26. The van der Waals surface area contributed by atoms with Crippen molar-refractivity contribution >= 4 is 5.91 Å². The average Bonchev–Trinajstić information content (AvgIpc) is 3.09. The van der Waals surface area contributed by atoms with Gasteiger partial charge in [0, 0.05) is 5.56 Å². The van der Waals surface area contributed by atoms with Gasteiger partial charge in [-0.2, -0.15) is 0 Å². The molecule has 1 aliphatic heterocycles. The van der Waals surface area contributed by atoms with E-state index < -0.39 is 0 Å². The third-order valence-corrected chi connectivity index (χ3v) is 3.97. The molecular formula is C19H21NO5. The van der Waals surface area contributed by atoms with Gasteiger partial charge in [-0.15, -0.1) is 0 Å². The molecule has 132 valence electrons. The lowest BCUT2D eigenvalue weighted by Gasteiger charge is -2.16. The van der Waals surface area contributed by atoms with Gasteiger partial charge in [-0.05, 0) is 49.7 Å². The summed E-state index contributed by atoms with van der Waals surface area (Å²) in [5, 5.41) is 2.98. The molecule has 25 heavy (non-hydrogen) atoms. The predicted molar refractivity (Wildman–Crippen MR) is 92.6 cm³/mol. The molecule has 0 fully saturated rings. The summed E-state index contributed by atoms with van der Waals surface area (Å²) in [6.45, 7) is 4.52. The number of benzene rings is 2. The number of carbonyl (C=O) groups is 1. The number of hydrogen-bond acceptors (Lipinski definition) is 5. The predicted octanol–water partition coefficient (Wildman–Crippen LogP) is 3.31. The summed E-state index contributed by atoms with van der Waals surface area (Å²) in [5.74, 6) is 2.38. The van der Waals surface area contributed by atoms with Gasteiger partial charge in [0.1, 0.15) is 0 Å². The highest BCUT2D eigenvalue weighted by Gasteiger charge is 2.18. The summed E-state index contributed by atoms with van der Waals surface area (Å²) in [7, 11) is 1.57. The molecule has 6 nitrogen and oxygen atoms in total. The molecule has 1 aliphatic rings. The molecule has 0 spiro atoms. The Morgan fingerprint density at radius 1 is 1.16 bits per heavy atom. The molecule has 0 radical (unpaired) electrons. The van der Waals surface area contributed by atoms with Gasteiger partial charge in [-0.1, -0.05) is 6.07 Å². The van der Waals surface area contributed by atoms with Crippen molar-refractivity contribution < 1.29 is 23.7 Å². The van der Waals surface area contributed by atoms with Crippen LogP contribution in [0, 0.1) is 0 Å². The van der Waals surface area contributed by atoms with Gasteiger partial charge in [0.05, 0.1) is 19.8 Å². The maximum absolute atomic E-state index is 12.6. The van der Waals surface area contributed by atoms with Gasteiger partial charge in [0.15, 0.2) is 23.0 Å². The summed E-state index contributed by atoms with van der Waals surface area (Å²) < 4.78 is 21.5. The zero-order valence-corrected chi connectivity index (χ0v) is 14.5. The maximum Gasteiger partial charge on any atom is 0.251 e. The van der Waals surface area contributed by atoms with Gasteiger partial charge in [-0.25, -0.2) is 0 Å². The Morgan fingerprint density at radius 2 is 1.96 bits per heavy atom. The number of rotatable bonds is 6. The molecule has 1 heterocycles. The van der Waals surface area contributed by atoms with Crippen LogP contribution in [-0.2, 0) is 0 Å². The molecule has 0 saturated heterocycles. The minimum absolute atomic E-state index is 0.181. The summed E-state index contributed by atoms with van der Waals surface area (Å²) in [4.78, 5) is 12.6. The van der Waals surface area contributed by atoms with Crippen LogP contribution >= 0.6 is 0 Å². The number of hydrogen-bond donors (Lipinski definition) is 1. The Labute approximate surface area is 146 Å². The number of fused-ring (bicyclic) bond motifs is 1. The van der Waals surface area contributed by atoms with E-state index in [-0.39, 0.29) is 18.7 Å². The molecule has 3 rings (SSSR count). The van der Waals surface area contributed by atoms with Crippen LogP contribution in [0.15, 0.2) is 36.4 Å². The van der Waals surface area contributed by atoms with Crippen LogP contribution in [0.25, 0.3) is 0 Å². The van der Waals surface area contributed by atoms with Crippen LogP contribution < -0.4 is 24.3 Å². The molecule has 6 heteroatoms. The summed E-state index contributed by atoms with van der Waals surface area (Å²) in [6, 6.07) is 10.6. The van der Waals surface area contributed by atoms with Gasteiger partial charge < -0.3 is 24.3 Å². The second-order valence-corrected chi connectivity index (χ2v) is 5.61. The molecule has 0 bridgehead atoms. The first-order valence-electron chi connectivity index (χ1n) is 8.13. The van der Waals surface area contributed by atoms with E-state index in [4.69, 9.17) is 18.9 Å². The Hall–Kier alpha value is -2.89. The van der Waals surface area contributed by atoms with Crippen LogP contribution in [0.3, 0.4) is 0 Å². The van der Waals surface area contributed by atoms with E-state index >= 15 is 0 Å². The Morgan fingerprint density at radius 3 is 2.72 bits per heavy atom. The fourth-order valence-corrected chi connectivity index (χ4v) is 2.63. The SMILES string of the molecule is CCOc1cc(C(=O)NC(C)c2ccc3c(c2)OCO3)ccc1OC. The minimum Gasteiger partial charge on any atom is -0.493 e. The fourth-order valence-electron chi connectivity index (χ4n) is 2.63. The molecule has 1 N–H and O–H groups in total. The Balaban J connectivity index is 1.74. The van der Waals surface area contributed by atoms with Crippen molar-refractivity contribution in [3.8, 4) is 23.0 Å². The normalized spacial score (nSPS) is 13.2. The van der Waals surface area contributed by atoms with E-state index in [9.17, 15) is 4.79 Å². The molecule has 1 atom stereocenters. The summed E-state index contributed by atoms with van der Waals surface area (Å²) in [6.07, 6.45) is 0. The van der Waals surface area contributed by atoms with Crippen LogP contribution in [0.5, 0.6) is 23.0 Å². The van der Waals surface area contributed by atoms with Crippen molar-refractivity contribution in [1.29, 1.82) is 0 Å². The highest BCUT2D eigenvalue weighted by molar-refractivity contribution is 5.95. The van der Waals surface area contributed by atoms with Crippen LogP contribution in [0.4, 0.5) is 0 Å². The van der Waals surface area contributed by atoms with Crippen molar-refractivity contribution in [3.05, 3.63) is 47.5 Å². The van der Waals surface area contributed by atoms with Crippen molar-refractivity contribution in [2.75, 3.05) is 20.5 Å². The Kier molecular flexibility index (Phi) is 4.97. The quantitative estimate of drug-likeness (QED) is 0.872. The van der Waals surface area contributed by atoms with Gasteiger partial charge in [0.25, 0.3) is 5.91 Å². The zero-order chi connectivity index (χ0) is 17.8. The lowest BCUT2D eigenvalue weighted by molar-refractivity contribution is 0.0939. The number of ether oxygens (including phenoxy) is 4. The molecule has 2 aromatic rings. The standard InChI is InChI=1S/C19H21NO5/c1-4-23-17-10-14(6-7-15(17)22-3)19(21)20-12(2)13-5-8-16-18(9-13)25-11-24-16/h5-10,12H,4,11H2,1-3H3,(H,20,21). The molecule has 1 amide bonds. The molecule has 0 aliphatic carbocycles. The monoisotopic (exact) mass is 343 g/mol. The first kappa shape index (κ1) is 17.0. The Bertz CT molecular complexity index is 774. The first-order valence-corrected chi connectivity index (χ1v) is 8.13. The van der Waals surface area contributed by atoms with Crippen molar-refractivity contribution in [2.45, 2.75) is 19.9 Å².